The lowest BCUT2D eigenvalue weighted by Crippen LogP contribution is -2.16. The van der Waals surface area contributed by atoms with Gasteiger partial charge >= 0.3 is 5.97 Å². The van der Waals surface area contributed by atoms with Crippen molar-refractivity contribution in [2.24, 2.45) is 0 Å². The monoisotopic (exact) mass is 470 g/mol. The van der Waals surface area contributed by atoms with Gasteiger partial charge in [-0.05, 0) is 39.2 Å². The molecule has 2 heterocycles. The number of hydrogen-bond acceptors (Lipinski definition) is 7. The first-order valence-electron chi connectivity index (χ1n) is 10.5. The molecule has 1 saturated carbocycles. The summed E-state index contributed by atoms with van der Waals surface area (Å²) >= 11 is 2.68. The normalized spacial score (nSPS) is 13.4. The summed E-state index contributed by atoms with van der Waals surface area (Å²) in [4.78, 5) is 25.3. The molecule has 1 fully saturated rings. The van der Waals surface area contributed by atoms with Gasteiger partial charge in [0.2, 0.25) is 5.91 Å². The lowest BCUT2D eigenvalue weighted by molar-refractivity contribution is -0.113. The molecule has 1 aliphatic rings. The molecule has 1 aliphatic carbocycles. The molecule has 168 valence electrons. The Hall–Kier alpha value is -2.65. The third-order valence-corrected chi connectivity index (χ3v) is 7.12. The fraction of sp³-hybridized carbons (Fsp3) is 0.391. The molecule has 2 aromatic heterocycles. The number of hydrogen-bond donors (Lipinski definition) is 1. The second-order valence-corrected chi connectivity index (χ2v) is 9.95. The van der Waals surface area contributed by atoms with E-state index in [1.165, 1.54) is 30.2 Å². The summed E-state index contributed by atoms with van der Waals surface area (Å²) in [5.74, 6) is 0.995. The van der Waals surface area contributed by atoms with Crippen molar-refractivity contribution >= 4 is 40.0 Å². The number of carbonyl (C=O) groups is 2. The fourth-order valence-corrected chi connectivity index (χ4v) is 5.33. The van der Waals surface area contributed by atoms with Gasteiger partial charge in [0.1, 0.15) is 16.4 Å². The van der Waals surface area contributed by atoms with Crippen LogP contribution in [0.1, 0.15) is 60.4 Å². The summed E-state index contributed by atoms with van der Waals surface area (Å²) in [7, 11) is 1.34. The van der Waals surface area contributed by atoms with Crippen LogP contribution in [0, 0.1) is 6.92 Å². The first kappa shape index (κ1) is 22.5. The molecule has 3 aromatic rings. The zero-order valence-electron chi connectivity index (χ0n) is 18.5. The molecule has 32 heavy (non-hydrogen) atoms. The average Bonchev–Trinajstić information content (AvgIpc) is 3.39. The number of ether oxygens (including phenoxy) is 1. The van der Waals surface area contributed by atoms with Crippen LogP contribution in [0.5, 0.6) is 0 Å². The second-order valence-electron chi connectivity index (χ2n) is 8.13. The van der Waals surface area contributed by atoms with Crippen LogP contribution in [0.3, 0.4) is 0 Å². The lowest BCUT2D eigenvalue weighted by atomic mass is 10.0. The minimum absolute atomic E-state index is 0.175. The van der Waals surface area contributed by atoms with Crippen LogP contribution >= 0.6 is 23.1 Å². The van der Waals surface area contributed by atoms with E-state index in [-0.39, 0.29) is 17.7 Å². The highest BCUT2D eigenvalue weighted by molar-refractivity contribution is 7.99. The number of benzene rings is 1. The Balaban J connectivity index is 1.50. The third kappa shape index (κ3) is 4.73. The van der Waals surface area contributed by atoms with Crippen LogP contribution in [-0.4, -0.2) is 39.5 Å². The molecule has 0 unspecified atom stereocenters. The Morgan fingerprint density at radius 1 is 1.25 bits per heavy atom. The van der Waals surface area contributed by atoms with Crippen molar-refractivity contribution in [2.75, 3.05) is 18.2 Å². The number of aryl methyl sites for hydroxylation is 1. The minimum Gasteiger partial charge on any atom is -0.465 e. The van der Waals surface area contributed by atoms with Crippen LogP contribution in [0.2, 0.25) is 0 Å². The van der Waals surface area contributed by atoms with Crippen molar-refractivity contribution in [3.05, 3.63) is 46.6 Å². The van der Waals surface area contributed by atoms with Gasteiger partial charge in [-0.25, -0.2) is 4.79 Å². The number of amides is 1. The van der Waals surface area contributed by atoms with Gasteiger partial charge in [0, 0.05) is 22.9 Å². The third-order valence-electron chi connectivity index (χ3n) is 5.28. The molecule has 0 atom stereocenters. The molecule has 0 saturated heterocycles. The van der Waals surface area contributed by atoms with Gasteiger partial charge in [-0.15, -0.1) is 21.5 Å². The Labute approximate surface area is 195 Å². The first-order valence-corrected chi connectivity index (χ1v) is 12.4. The Bertz CT molecular complexity index is 1130. The predicted octanol–water partition coefficient (Wildman–Crippen LogP) is 5.29. The number of carbonyl (C=O) groups excluding carboxylic acids is 2. The molecular weight excluding hydrogens is 444 g/mol. The highest BCUT2D eigenvalue weighted by Gasteiger charge is 2.31. The topological polar surface area (TPSA) is 86.1 Å². The maximum Gasteiger partial charge on any atom is 0.341 e. The fourth-order valence-electron chi connectivity index (χ4n) is 3.49. The first-order chi connectivity index (χ1) is 15.4. The molecule has 7 nitrogen and oxygen atoms in total. The van der Waals surface area contributed by atoms with Crippen LogP contribution in [0.15, 0.2) is 34.8 Å². The van der Waals surface area contributed by atoms with Gasteiger partial charge in [-0.2, -0.15) is 0 Å². The molecule has 4 rings (SSSR count). The summed E-state index contributed by atoms with van der Waals surface area (Å²) in [5.41, 5.74) is 3.16. The number of aromatic nitrogens is 3. The van der Waals surface area contributed by atoms with Crippen molar-refractivity contribution in [3.63, 3.8) is 0 Å². The van der Waals surface area contributed by atoms with E-state index >= 15 is 0 Å². The zero-order chi connectivity index (χ0) is 22.8. The molecular formula is C23H26N4O3S2. The van der Waals surface area contributed by atoms with E-state index in [4.69, 9.17) is 4.74 Å². The van der Waals surface area contributed by atoms with Crippen molar-refractivity contribution < 1.29 is 14.3 Å². The summed E-state index contributed by atoms with van der Waals surface area (Å²) in [5, 5.41) is 14.7. The highest BCUT2D eigenvalue weighted by Crippen LogP contribution is 2.41. The van der Waals surface area contributed by atoms with E-state index < -0.39 is 5.97 Å². The molecule has 0 radical (unpaired) electrons. The second kappa shape index (κ2) is 9.46. The quantitative estimate of drug-likeness (QED) is 0.356. The van der Waals surface area contributed by atoms with Gasteiger partial charge in [-0.3, -0.25) is 4.79 Å². The molecule has 1 amide bonds. The molecule has 1 N–H and O–H groups in total. The van der Waals surface area contributed by atoms with Gasteiger partial charge in [-0.1, -0.05) is 41.6 Å². The summed E-state index contributed by atoms with van der Waals surface area (Å²) < 4.78 is 7.12. The van der Waals surface area contributed by atoms with Crippen LogP contribution in [0.4, 0.5) is 5.00 Å². The summed E-state index contributed by atoms with van der Waals surface area (Å²) in [6.45, 7) is 6.20. The zero-order valence-corrected chi connectivity index (χ0v) is 20.2. The molecule has 0 bridgehead atoms. The molecule has 9 heteroatoms. The van der Waals surface area contributed by atoms with Gasteiger partial charge in [0.25, 0.3) is 0 Å². The van der Waals surface area contributed by atoms with Crippen LogP contribution in [-0.2, 0) is 9.53 Å². The predicted molar refractivity (Wildman–Crippen MR) is 128 cm³/mol. The number of thiophene rings is 1. The van der Waals surface area contributed by atoms with Gasteiger partial charge in [0.15, 0.2) is 5.16 Å². The van der Waals surface area contributed by atoms with E-state index in [2.05, 4.69) is 33.9 Å². The van der Waals surface area contributed by atoms with Gasteiger partial charge in [0.05, 0.1) is 12.9 Å². The standard InChI is InChI=1S/C23H26N4O3S2/c1-13(2)27-20(16-9-10-16)25-26-23(27)32-12-18(28)24-21-19(22(29)30-4)17(11-31-21)15-7-5-14(3)6-8-15/h5-8,11,13,16H,9-10,12H2,1-4H3,(H,24,28). The SMILES string of the molecule is COC(=O)c1c(-c2ccc(C)cc2)csc1NC(=O)CSc1nnc(C2CC2)n1C(C)C. The Morgan fingerprint density at radius 3 is 2.59 bits per heavy atom. The van der Waals surface area contributed by atoms with Crippen molar-refractivity contribution in [1.82, 2.24) is 14.8 Å². The Kier molecular flexibility index (Phi) is 6.66. The van der Waals surface area contributed by atoms with Crippen molar-refractivity contribution in [2.45, 2.75) is 50.7 Å². The summed E-state index contributed by atoms with van der Waals surface area (Å²) in [6, 6.07) is 8.13. The van der Waals surface area contributed by atoms with Gasteiger partial charge < -0.3 is 14.6 Å². The van der Waals surface area contributed by atoms with E-state index in [9.17, 15) is 9.59 Å². The number of methoxy groups -OCH3 is 1. The van der Waals surface area contributed by atoms with Crippen molar-refractivity contribution in [1.29, 1.82) is 0 Å². The molecule has 1 aromatic carbocycles. The molecule has 0 aliphatic heterocycles. The van der Waals surface area contributed by atoms with Crippen LogP contribution in [0.25, 0.3) is 11.1 Å². The molecule has 0 spiro atoms. The Morgan fingerprint density at radius 2 is 1.97 bits per heavy atom. The van der Waals surface area contributed by atoms with Crippen LogP contribution < -0.4 is 5.32 Å². The van der Waals surface area contributed by atoms with E-state index in [1.54, 1.807) is 0 Å². The number of rotatable bonds is 8. The van der Waals surface area contributed by atoms with E-state index in [1.807, 2.05) is 36.6 Å². The number of anilines is 1. The maximum atomic E-state index is 12.7. The number of thioether (sulfide) groups is 1. The number of nitrogens with zero attached hydrogens (tertiary/aromatic N) is 3. The number of esters is 1. The maximum absolute atomic E-state index is 12.7. The lowest BCUT2D eigenvalue weighted by Gasteiger charge is -2.13. The minimum atomic E-state index is -0.474. The highest BCUT2D eigenvalue weighted by atomic mass is 32.2. The largest absolute Gasteiger partial charge is 0.465 e. The smallest absolute Gasteiger partial charge is 0.341 e. The summed E-state index contributed by atoms with van der Waals surface area (Å²) in [6.07, 6.45) is 2.29. The van der Waals surface area contributed by atoms with E-state index in [0.29, 0.717) is 16.5 Å². The van der Waals surface area contributed by atoms with E-state index in [0.717, 1.165) is 40.5 Å². The average molecular weight is 471 g/mol. The van der Waals surface area contributed by atoms with Crippen molar-refractivity contribution in [3.8, 4) is 11.1 Å². The number of nitrogens with one attached hydrogen (secondary N) is 1.